The Morgan fingerprint density at radius 3 is 2.54 bits per heavy atom. The van der Waals surface area contributed by atoms with Crippen LogP contribution < -0.4 is 10.9 Å². The lowest BCUT2D eigenvalue weighted by atomic mass is 9.83. The van der Waals surface area contributed by atoms with Crippen molar-refractivity contribution in [1.29, 1.82) is 0 Å². The normalized spacial score (nSPS) is 28.0. The first-order valence-corrected chi connectivity index (χ1v) is 16.2. The van der Waals surface area contributed by atoms with Gasteiger partial charge in [0.15, 0.2) is 0 Å². The van der Waals surface area contributed by atoms with E-state index in [9.17, 15) is 4.79 Å². The zero-order valence-electron chi connectivity index (χ0n) is 24.4. The van der Waals surface area contributed by atoms with Crippen molar-refractivity contribution in [2.45, 2.75) is 56.4 Å². The van der Waals surface area contributed by atoms with E-state index in [1.807, 2.05) is 24.3 Å². The Kier molecular flexibility index (Phi) is 6.20. The molecule has 8 rings (SSSR count). The van der Waals surface area contributed by atoms with Gasteiger partial charge in [0.05, 0.1) is 21.5 Å². The van der Waals surface area contributed by atoms with Gasteiger partial charge >= 0.3 is 0 Å². The van der Waals surface area contributed by atoms with Gasteiger partial charge in [-0.25, -0.2) is 0 Å². The fourth-order valence-electron chi connectivity index (χ4n) is 9.15. The topological polar surface area (TPSA) is 53.4 Å². The molecule has 4 fully saturated rings. The third-order valence-corrected chi connectivity index (χ3v) is 12.1. The maximum atomic E-state index is 12.6. The number of hydrogen-bond acceptors (Lipinski definition) is 5. The number of benzene rings is 2. The van der Waals surface area contributed by atoms with Crippen LogP contribution in [0, 0.1) is 23.7 Å². The number of fused-ring (bicyclic) bond motifs is 6. The second kappa shape index (κ2) is 9.63. The number of hydrogen-bond donors (Lipinski definition) is 1. The molecule has 5 aliphatic rings. The molecule has 6 nitrogen and oxygen atoms in total. The molecule has 4 aliphatic heterocycles. The van der Waals surface area contributed by atoms with Gasteiger partial charge in [0.25, 0.3) is 5.56 Å². The molecule has 0 radical (unpaired) electrons. The fraction of sp³-hybridized carbons (Fsp3) is 0.588. The zero-order valence-corrected chi connectivity index (χ0v) is 25.2. The number of halogens is 1. The Bertz CT molecular complexity index is 1540. The first-order chi connectivity index (χ1) is 19.8. The average Bonchev–Trinajstić information content (AvgIpc) is 3.30. The average molecular weight is 572 g/mol. The first kappa shape index (κ1) is 26.4. The molecular weight excluding hydrogens is 530 g/mol. The van der Waals surface area contributed by atoms with Crippen LogP contribution in [-0.2, 0) is 11.3 Å². The van der Waals surface area contributed by atoms with Crippen LogP contribution in [-0.4, -0.2) is 70.7 Å². The number of aromatic nitrogens is 2. The summed E-state index contributed by atoms with van der Waals surface area (Å²) in [6.45, 7) is 13.4. The predicted molar refractivity (Wildman–Crippen MR) is 165 cm³/mol. The lowest BCUT2D eigenvalue weighted by Crippen LogP contribution is -2.53. The molecule has 1 aliphatic carbocycles. The van der Waals surface area contributed by atoms with Crippen molar-refractivity contribution >= 4 is 22.5 Å². The molecule has 41 heavy (non-hydrogen) atoms. The highest BCUT2D eigenvalue weighted by molar-refractivity contribution is 6.24. The van der Waals surface area contributed by atoms with Crippen molar-refractivity contribution in [3.05, 3.63) is 69.8 Å². The number of piperidine rings is 3. The summed E-state index contributed by atoms with van der Waals surface area (Å²) >= 11 is 7.48. The Morgan fingerprint density at radius 2 is 1.78 bits per heavy atom. The van der Waals surface area contributed by atoms with Crippen molar-refractivity contribution in [2.75, 3.05) is 45.8 Å². The molecule has 0 spiro atoms. The number of alkyl halides is 1. The molecule has 0 amide bonds. The highest BCUT2D eigenvalue weighted by atomic mass is 35.5. The Hall–Kier alpha value is -2.25. The minimum atomic E-state index is -0.363. The SMILES string of the molecule is CC(C)(C1C2CN(CC3CCNCC3)CC21)N1CCC(Cl)(c2ccc3c(c2)-n2c(nc(=O)c4ccccc42)C3)CC1. The molecule has 5 heterocycles. The van der Waals surface area contributed by atoms with Gasteiger partial charge < -0.3 is 10.2 Å². The van der Waals surface area contributed by atoms with Gasteiger partial charge in [-0.1, -0.05) is 24.3 Å². The summed E-state index contributed by atoms with van der Waals surface area (Å²) in [6, 6.07) is 14.5. The van der Waals surface area contributed by atoms with Crippen molar-refractivity contribution < 1.29 is 0 Å². The smallest absolute Gasteiger partial charge is 0.280 e. The molecule has 0 bridgehead atoms. The highest BCUT2D eigenvalue weighted by Crippen LogP contribution is 2.59. The summed E-state index contributed by atoms with van der Waals surface area (Å²) in [5.74, 6) is 4.28. The van der Waals surface area contributed by atoms with Gasteiger partial charge in [-0.15, -0.1) is 11.6 Å². The monoisotopic (exact) mass is 571 g/mol. The van der Waals surface area contributed by atoms with Crippen LogP contribution in [0.25, 0.3) is 16.6 Å². The number of para-hydroxylation sites is 1. The summed E-state index contributed by atoms with van der Waals surface area (Å²) in [5.41, 5.74) is 4.56. The molecular formula is C34H42ClN5O. The van der Waals surface area contributed by atoms with Crippen molar-refractivity contribution in [2.24, 2.45) is 23.7 Å². The van der Waals surface area contributed by atoms with E-state index in [1.54, 1.807) is 0 Å². The Labute approximate surface area is 248 Å². The molecule has 1 N–H and O–H groups in total. The van der Waals surface area contributed by atoms with E-state index in [2.05, 4.69) is 56.7 Å². The molecule has 7 heteroatoms. The molecule has 1 saturated carbocycles. The second-order valence-corrected chi connectivity index (χ2v) is 14.8. The maximum Gasteiger partial charge on any atom is 0.280 e. The first-order valence-electron chi connectivity index (χ1n) is 15.8. The third-order valence-electron chi connectivity index (χ3n) is 11.5. The van der Waals surface area contributed by atoms with Crippen LogP contribution in [0.4, 0.5) is 0 Å². The third kappa shape index (κ3) is 4.31. The van der Waals surface area contributed by atoms with Crippen LogP contribution in [0.15, 0.2) is 47.3 Å². The second-order valence-electron chi connectivity index (χ2n) is 14.1. The van der Waals surface area contributed by atoms with Gasteiger partial charge in [-0.2, -0.15) is 4.98 Å². The summed E-state index contributed by atoms with van der Waals surface area (Å²) in [4.78, 5) is 22.2. The largest absolute Gasteiger partial charge is 0.317 e. The van der Waals surface area contributed by atoms with E-state index in [-0.39, 0.29) is 16.0 Å². The summed E-state index contributed by atoms with van der Waals surface area (Å²) in [5, 5.41) is 4.18. The summed E-state index contributed by atoms with van der Waals surface area (Å²) in [6.07, 6.45) is 5.29. The molecule has 1 aromatic heterocycles. The Morgan fingerprint density at radius 1 is 1.05 bits per heavy atom. The number of nitrogens with one attached hydrogen (secondary N) is 1. The van der Waals surface area contributed by atoms with Crippen LogP contribution >= 0.6 is 11.6 Å². The standard InChI is InChI=1S/C34H42ClN5O/c1-33(2,31-26-20-38(21-27(26)31)19-22-9-13-36-14-10-22)39-15-11-34(35,12-16-39)24-8-7-23-17-30-37-32(41)25-5-3-4-6-28(25)40(30)29(23)18-24/h3-8,18,22,26-27,31,36H,9-17,19-21H2,1-2H3. The summed E-state index contributed by atoms with van der Waals surface area (Å²) in [7, 11) is 0. The Balaban J connectivity index is 0.957. The van der Waals surface area contributed by atoms with Gasteiger partial charge in [-0.05, 0) is 106 Å². The number of likely N-dealkylation sites (tertiary alicyclic amines) is 2. The van der Waals surface area contributed by atoms with E-state index in [1.165, 1.54) is 56.7 Å². The molecule has 2 atom stereocenters. The van der Waals surface area contributed by atoms with Gasteiger partial charge in [0.2, 0.25) is 0 Å². The molecule has 216 valence electrons. The highest BCUT2D eigenvalue weighted by Gasteiger charge is 2.62. The number of nitrogens with zero attached hydrogens (tertiary/aromatic N) is 4. The minimum Gasteiger partial charge on any atom is -0.317 e. The van der Waals surface area contributed by atoms with Crippen LogP contribution in [0.3, 0.4) is 0 Å². The molecule has 3 saturated heterocycles. The van der Waals surface area contributed by atoms with E-state index < -0.39 is 0 Å². The molecule has 2 unspecified atom stereocenters. The van der Waals surface area contributed by atoms with E-state index in [0.717, 1.165) is 66.6 Å². The van der Waals surface area contributed by atoms with Crippen molar-refractivity contribution in [3.8, 4) is 5.69 Å². The van der Waals surface area contributed by atoms with E-state index >= 15 is 0 Å². The fourth-order valence-corrected chi connectivity index (χ4v) is 9.44. The van der Waals surface area contributed by atoms with E-state index in [4.69, 9.17) is 11.6 Å². The molecule has 2 aromatic carbocycles. The summed E-state index contributed by atoms with van der Waals surface area (Å²) < 4.78 is 2.17. The van der Waals surface area contributed by atoms with E-state index in [0.29, 0.717) is 11.8 Å². The maximum absolute atomic E-state index is 12.6. The predicted octanol–water partition coefficient (Wildman–Crippen LogP) is 4.78. The lowest BCUT2D eigenvalue weighted by molar-refractivity contribution is 0.0480. The van der Waals surface area contributed by atoms with Crippen LogP contribution in [0.5, 0.6) is 0 Å². The quantitative estimate of drug-likeness (QED) is 0.350. The van der Waals surface area contributed by atoms with Gasteiger partial charge in [0, 0.05) is 44.7 Å². The van der Waals surface area contributed by atoms with Gasteiger partial charge in [0.1, 0.15) is 5.82 Å². The van der Waals surface area contributed by atoms with Crippen LogP contribution in [0.1, 0.15) is 56.5 Å². The molecule has 3 aromatic rings. The lowest BCUT2D eigenvalue weighted by Gasteiger charge is -2.47. The van der Waals surface area contributed by atoms with Gasteiger partial charge in [-0.3, -0.25) is 14.3 Å². The zero-order chi connectivity index (χ0) is 27.9. The van der Waals surface area contributed by atoms with Crippen molar-refractivity contribution in [3.63, 3.8) is 0 Å². The minimum absolute atomic E-state index is 0.141. The van der Waals surface area contributed by atoms with Crippen LogP contribution in [0.2, 0.25) is 0 Å². The van der Waals surface area contributed by atoms with Crippen molar-refractivity contribution in [1.82, 2.24) is 24.7 Å². The number of rotatable bonds is 5.